The van der Waals surface area contributed by atoms with E-state index in [2.05, 4.69) is 44.6 Å². The third-order valence-electron chi connectivity index (χ3n) is 4.71. The number of imidazole rings is 1. The monoisotopic (exact) mass is 343 g/mol. The van der Waals surface area contributed by atoms with Gasteiger partial charge in [0.1, 0.15) is 17.5 Å². The Morgan fingerprint density at radius 3 is 2.80 bits per heavy atom. The van der Waals surface area contributed by atoms with Gasteiger partial charge in [0.25, 0.3) is 0 Å². The molecule has 2 aromatic rings. The normalized spacial score (nSPS) is 18.0. The van der Waals surface area contributed by atoms with Crippen LogP contribution in [-0.4, -0.2) is 72.2 Å². The van der Waals surface area contributed by atoms with Crippen molar-refractivity contribution in [2.75, 3.05) is 57.6 Å². The molecule has 0 aliphatic carbocycles. The van der Waals surface area contributed by atoms with Crippen molar-refractivity contribution in [2.45, 2.75) is 25.3 Å². The summed E-state index contributed by atoms with van der Waals surface area (Å²) >= 11 is 0. The summed E-state index contributed by atoms with van der Waals surface area (Å²) < 4.78 is 2.30. The molecule has 7 heteroatoms. The molecule has 0 N–H and O–H groups in total. The van der Waals surface area contributed by atoms with Crippen LogP contribution in [0.15, 0.2) is 24.8 Å². The van der Waals surface area contributed by atoms with E-state index in [0.717, 1.165) is 44.2 Å². The first-order chi connectivity index (χ1) is 12.0. The molecular weight excluding hydrogens is 314 g/mol. The van der Waals surface area contributed by atoms with Crippen LogP contribution in [0.1, 0.15) is 24.6 Å². The van der Waals surface area contributed by atoms with E-state index < -0.39 is 0 Å². The van der Waals surface area contributed by atoms with E-state index in [1.165, 1.54) is 12.2 Å². The topological polar surface area (TPSA) is 53.3 Å². The minimum Gasteiger partial charge on any atom is -0.361 e. The van der Waals surface area contributed by atoms with Crippen LogP contribution in [0.4, 0.5) is 11.6 Å². The minimum atomic E-state index is 0.440. The van der Waals surface area contributed by atoms with Gasteiger partial charge < -0.3 is 19.3 Å². The highest BCUT2D eigenvalue weighted by Gasteiger charge is 2.25. The van der Waals surface area contributed by atoms with Gasteiger partial charge in [-0.2, -0.15) is 0 Å². The molecule has 1 aliphatic heterocycles. The Labute approximate surface area is 150 Å². The maximum atomic E-state index is 4.75. The summed E-state index contributed by atoms with van der Waals surface area (Å²) in [6, 6.07) is 0. The second-order valence-corrected chi connectivity index (χ2v) is 7.20. The quantitative estimate of drug-likeness (QED) is 0.795. The predicted octanol–water partition coefficient (Wildman–Crippen LogP) is 1.68. The van der Waals surface area contributed by atoms with Crippen LogP contribution in [-0.2, 0) is 6.54 Å². The van der Waals surface area contributed by atoms with E-state index in [0.29, 0.717) is 5.92 Å². The first-order valence-electron chi connectivity index (χ1n) is 8.94. The summed E-state index contributed by atoms with van der Waals surface area (Å²) in [5.41, 5.74) is 0. The zero-order valence-electron chi connectivity index (χ0n) is 15.8. The summed E-state index contributed by atoms with van der Waals surface area (Å²) in [7, 11) is 8.20. The number of rotatable bonds is 6. The van der Waals surface area contributed by atoms with Crippen molar-refractivity contribution in [3.05, 3.63) is 30.6 Å². The predicted molar refractivity (Wildman–Crippen MR) is 101 cm³/mol. The summed E-state index contributed by atoms with van der Waals surface area (Å²) in [5.74, 6) is 3.49. The van der Waals surface area contributed by atoms with Crippen molar-refractivity contribution in [3.8, 4) is 0 Å². The maximum Gasteiger partial charge on any atom is 0.149 e. The number of aromatic nitrogens is 4. The van der Waals surface area contributed by atoms with Crippen molar-refractivity contribution in [1.82, 2.24) is 24.4 Å². The molecule has 3 heterocycles. The zero-order chi connectivity index (χ0) is 17.8. The lowest BCUT2D eigenvalue weighted by atomic mass is 9.97. The lowest BCUT2D eigenvalue weighted by molar-refractivity contribution is 0.373. The fraction of sp³-hybridized carbons (Fsp3) is 0.611. The van der Waals surface area contributed by atoms with Crippen molar-refractivity contribution < 1.29 is 0 Å². The molecule has 0 amide bonds. The molecule has 3 rings (SSSR count). The average molecular weight is 343 g/mol. The molecule has 0 aromatic carbocycles. The Kier molecular flexibility index (Phi) is 5.53. The molecule has 1 fully saturated rings. The highest BCUT2D eigenvalue weighted by molar-refractivity contribution is 5.45. The second kappa shape index (κ2) is 7.82. The van der Waals surface area contributed by atoms with Gasteiger partial charge in [-0.05, 0) is 26.9 Å². The van der Waals surface area contributed by atoms with Crippen molar-refractivity contribution in [3.63, 3.8) is 0 Å². The van der Waals surface area contributed by atoms with Crippen LogP contribution in [0.25, 0.3) is 0 Å². The Hall–Kier alpha value is -2.15. The van der Waals surface area contributed by atoms with Crippen LogP contribution in [0.3, 0.4) is 0 Å². The highest BCUT2D eigenvalue weighted by Crippen LogP contribution is 2.28. The van der Waals surface area contributed by atoms with Crippen LogP contribution in [0.5, 0.6) is 0 Å². The van der Waals surface area contributed by atoms with E-state index >= 15 is 0 Å². The molecular formula is C18H29N7. The lowest BCUT2D eigenvalue weighted by Gasteiger charge is -2.33. The smallest absolute Gasteiger partial charge is 0.149 e. The van der Waals surface area contributed by atoms with Crippen molar-refractivity contribution in [1.29, 1.82) is 0 Å². The van der Waals surface area contributed by atoms with Gasteiger partial charge in [-0.25, -0.2) is 9.97 Å². The average Bonchev–Trinajstić information content (AvgIpc) is 3.09. The standard InChI is InChI=1S/C18H29N7/c1-22(2)10-11-24-9-7-20-18(24)15-6-5-8-25(14-15)17-13-19-12-16(21-17)23(3)4/h7,9,12-13,15H,5-6,8,10-11,14H2,1-4H3/t15-/m0/s1. The second-order valence-electron chi connectivity index (χ2n) is 7.20. The van der Waals surface area contributed by atoms with E-state index in [4.69, 9.17) is 4.98 Å². The van der Waals surface area contributed by atoms with Crippen LogP contribution in [0, 0.1) is 0 Å². The number of anilines is 2. The van der Waals surface area contributed by atoms with E-state index in [-0.39, 0.29) is 0 Å². The lowest BCUT2D eigenvalue weighted by Crippen LogP contribution is -2.36. The first kappa shape index (κ1) is 17.7. The molecule has 25 heavy (non-hydrogen) atoms. The zero-order valence-corrected chi connectivity index (χ0v) is 15.8. The number of likely N-dealkylation sites (N-methyl/N-ethyl adjacent to an activating group) is 1. The molecule has 0 bridgehead atoms. The van der Waals surface area contributed by atoms with E-state index in [9.17, 15) is 0 Å². The Morgan fingerprint density at radius 2 is 2.04 bits per heavy atom. The molecule has 1 aliphatic rings. The molecule has 0 unspecified atom stereocenters. The summed E-state index contributed by atoms with van der Waals surface area (Å²) in [4.78, 5) is 20.3. The van der Waals surface area contributed by atoms with E-state index in [1.54, 1.807) is 6.20 Å². The fourth-order valence-corrected chi connectivity index (χ4v) is 3.29. The molecule has 136 valence electrons. The molecule has 0 saturated carbocycles. The van der Waals surface area contributed by atoms with Gasteiger partial charge in [0.05, 0.1) is 12.4 Å². The number of nitrogens with zero attached hydrogens (tertiary/aromatic N) is 7. The maximum absolute atomic E-state index is 4.75. The highest BCUT2D eigenvalue weighted by atomic mass is 15.2. The summed E-state index contributed by atoms with van der Waals surface area (Å²) in [6.45, 7) is 3.98. The molecule has 0 radical (unpaired) electrons. The largest absolute Gasteiger partial charge is 0.361 e. The fourth-order valence-electron chi connectivity index (χ4n) is 3.29. The molecule has 0 spiro atoms. The summed E-state index contributed by atoms with van der Waals surface area (Å²) in [5, 5.41) is 0. The number of hydrogen-bond donors (Lipinski definition) is 0. The van der Waals surface area contributed by atoms with Crippen molar-refractivity contribution >= 4 is 11.6 Å². The first-order valence-corrected chi connectivity index (χ1v) is 8.94. The van der Waals surface area contributed by atoms with Gasteiger partial charge in [-0.1, -0.05) is 0 Å². The Bertz CT molecular complexity index is 680. The van der Waals surface area contributed by atoms with Gasteiger partial charge in [0.15, 0.2) is 0 Å². The third kappa shape index (κ3) is 4.28. The van der Waals surface area contributed by atoms with Crippen LogP contribution >= 0.6 is 0 Å². The van der Waals surface area contributed by atoms with Crippen molar-refractivity contribution in [2.24, 2.45) is 0 Å². The van der Waals surface area contributed by atoms with E-state index in [1.807, 2.05) is 31.4 Å². The Morgan fingerprint density at radius 1 is 1.20 bits per heavy atom. The third-order valence-corrected chi connectivity index (χ3v) is 4.71. The SMILES string of the molecule is CN(C)CCn1ccnc1[C@H]1CCCN(c2cncc(N(C)C)n2)C1. The minimum absolute atomic E-state index is 0.440. The van der Waals surface area contributed by atoms with Gasteiger partial charge >= 0.3 is 0 Å². The number of piperidine rings is 1. The van der Waals surface area contributed by atoms with Crippen LogP contribution in [0.2, 0.25) is 0 Å². The molecule has 1 atom stereocenters. The number of hydrogen-bond acceptors (Lipinski definition) is 6. The summed E-state index contributed by atoms with van der Waals surface area (Å²) in [6.07, 6.45) is 10.0. The molecule has 1 saturated heterocycles. The van der Waals surface area contributed by atoms with Crippen LogP contribution < -0.4 is 9.80 Å². The van der Waals surface area contributed by atoms with Gasteiger partial charge in [-0.15, -0.1) is 0 Å². The van der Waals surface area contributed by atoms with Gasteiger partial charge in [0, 0.05) is 58.6 Å². The molecule has 2 aromatic heterocycles. The molecule has 7 nitrogen and oxygen atoms in total. The van der Waals surface area contributed by atoms with Gasteiger partial charge in [0.2, 0.25) is 0 Å². The van der Waals surface area contributed by atoms with Gasteiger partial charge in [-0.3, -0.25) is 4.98 Å². The Balaban J connectivity index is 1.74.